The quantitative estimate of drug-likeness (QED) is 0.834. The fraction of sp³-hybridized carbons (Fsp3) is 0.727. The van der Waals surface area contributed by atoms with E-state index in [4.69, 9.17) is 0 Å². The first-order valence-electron chi connectivity index (χ1n) is 5.85. The highest BCUT2D eigenvalue weighted by Crippen LogP contribution is 2.37. The smallest absolute Gasteiger partial charge is 0.185 e. The second-order valence-electron chi connectivity index (χ2n) is 4.31. The molecule has 1 aliphatic carbocycles. The van der Waals surface area contributed by atoms with Gasteiger partial charge in [0.25, 0.3) is 0 Å². The minimum atomic E-state index is -0.312. The Morgan fingerprint density at radius 1 is 1.31 bits per heavy atom. The van der Waals surface area contributed by atoms with E-state index in [0.29, 0.717) is 0 Å². The summed E-state index contributed by atoms with van der Waals surface area (Å²) in [6.07, 6.45) is 2.78. The molecule has 0 saturated carbocycles. The van der Waals surface area contributed by atoms with E-state index < -0.39 is 0 Å². The normalized spacial score (nSPS) is 25.6. The zero-order valence-electron chi connectivity index (χ0n) is 9.19. The summed E-state index contributed by atoms with van der Waals surface area (Å²) in [4.78, 5) is 8.32. The number of fused-ring (bicyclic) bond motifs is 1. The van der Waals surface area contributed by atoms with Gasteiger partial charge in [0.05, 0.1) is 11.8 Å². The molecule has 1 aliphatic heterocycles. The van der Waals surface area contributed by atoms with Crippen LogP contribution >= 0.6 is 23.1 Å². The Morgan fingerprint density at radius 3 is 2.88 bits per heavy atom. The van der Waals surface area contributed by atoms with Crippen LogP contribution in [0.2, 0.25) is 0 Å². The van der Waals surface area contributed by atoms with Crippen molar-refractivity contribution in [3.63, 3.8) is 0 Å². The Labute approximate surface area is 104 Å². The van der Waals surface area contributed by atoms with Crippen LogP contribution in [0.5, 0.6) is 0 Å². The summed E-state index contributed by atoms with van der Waals surface area (Å²) >= 11 is 3.81. The second-order valence-corrected chi connectivity index (χ2v) is 6.60. The predicted octanol–water partition coefficient (Wildman–Crippen LogP) is 2.07. The molecule has 2 aliphatic rings. The number of hydrogen-bond donors (Lipinski definition) is 1. The van der Waals surface area contributed by atoms with Gasteiger partial charge in [0.2, 0.25) is 0 Å². The van der Waals surface area contributed by atoms with Gasteiger partial charge in [-0.1, -0.05) is 0 Å². The molecule has 3 rings (SSSR count). The van der Waals surface area contributed by atoms with E-state index >= 15 is 0 Å². The number of nitrogens with zero attached hydrogens (tertiary/aromatic N) is 2. The van der Waals surface area contributed by atoms with Gasteiger partial charge < -0.3 is 10.0 Å². The van der Waals surface area contributed by atoms with Crippen molar-refractivity contribution in [1.29, 1.82) is 0 Å². The Morgan fingerprint density at radius 2 is 2.12 bits per heavy atom. The van der Waals surface area contributed by atoms with Crippen molar-refractivity contribution < 1.29 is 5.11 Å². The molecule has 3 nitrogen and oxygen atoms in total. The molecule has 0 radical (unpaired) electrons. The Hall–Kier alpha value is -0.260. The summed E-state index contributed by atoms with van der Waals surface area (Å²) in [6, 6.07) is 0. The first-order chi connectivity index (χ1) is 7.84. The van der Waals surface area contributed by atoms with Crippen LogP contribution in [0.15, 0.2) is 0 Å². The number of rotatable bonds is 1. The molecule has 88 valence electrons. The molecular formula is C11H16N2OS2. The van der Waals surface area contributed by atoms with Crippen LogP contribution in [0.1, 0.15) is 29.5 Å². The maximum Gasteiger partial charge on any atom is 0.185 e. The molecule has 0 spiro atoms. The number of aliphatic hydroxyl groups excluding tert-OH is 1. The van der Waals surface area contributed by atoms with Crippen molar-refractivity contribution in [2.45, 2.75) is 25.4 Å². The molecule has 1 N–H and O–H groups in total. The second kappa shape index (κ2) is 4.55. The summed E-state index contributed by atoms with van der Waals surface area (Å²) in [5.41, 5.74) is 0.962. The zero-order chi connectivity index (χ0) is 11.0. The van der Waals surface area contributed by atoms with E-state index in [2.05, 4.69) is 9.88 Å². The standard InChI is InChI=1S/C11H16N2OS2/c14-8-2-1-3-9-10(8)12-11(16-9)13-4-6-15-7-5-13/h8,14H,1-7H2. The van der Waals surface area contributed by atoms with Gasteiger partial charge >= 0.3 is 0 Å². The van der Waals surface area contributed by atoms with Crippen molar-refractivity contribution >= 4 is 28.2 Å². The lowest BCUT2D eigenvalue weighted by Crippen LogP contribution is -2.32. The predicted molar refractivity (Wildman–Crippen MR) is 69.5 cm³/mol. The molecule has 1 atom stereocenters. The molecule has 2 heterocycles. The number of aliphatic hydroxyl groups is 1. The van der Waals surface area contributed by atoms with E-state index in [-0.39, 0.29) is 6.10 Å². The van der Waals surface area contributed by atoms with Crippen LogP contribution < -0.4 is 4.90 Å². The molecule has 0 amide bonds. The van der Waals surface area contributed by atoms with Gasteiger partial charge in [0.1, 0.15) is 0 Å². The summed E-state index contributed by atoms with van der Waals surface area (Å²) in [6.45, 7) is 2.21. The summed E-state index contributed by atoms with van der Waals surface area (Å²) < 4.78 is 0. The first kappa shape index (κ1) is 10.9. The van der Waals surface area contributed by atoms with E-state index in [1.165, 1.54) is 16.4 Å². The molecule has 16 heavy (non-hydrogen) atoms. The van der Waals surface area contributed by atoms with Crippen LogP contribution in [0.4, 0.5) is 5.13 Å². The minimum Gasteiger partial charge on any atom is -0.387 e. The number of hydrogen-bond acceptors (Lipinski definition) is 5. The van der Waals surface area contributed by atoms with Crippen LogP contribution in [0, 0.1) is 0 Å². The van der Waals surface area contributed by atoms with Crippen molar-refractivity contribution in [2.24, 2.45) is 0 Å². The molecule has 0 aromatic carbocycles. The van der Waals surface area contributed by atoms with Crippen molar-refractivity contribution in [3.05, 3.63) is 10.6 Å². The molecule has 1 aromatic heterocycles. The molecule has 5 heteroatoms. The van der Waals surface area contributed by atoms with E-state index in [0.717, 1.165) is 43.2 Å². The lowest BCUT2D eigenvalue weighted by molar-refractivity contribution is 0.153. The topological polar surface area (TPSA) is 36.4 Å². The van der Waals surface area contributed by atoms with Crippen molar-refractivity contribution in [2.75, 3.05) is 29.5 Å². The fourth-order valence-electron chi connectivity index (χ4n) is 2.27. The van der Waals surface area contributed by atoms with Crippen molar-refractivity contribution in [3.8, 4) is 0 Å². The van der Waals surface area contributed by atoms with E-state index in [9.17, 15) is 5.11 Å². The van der Waals surface area contributed by atoms with Crippen molar-refractivity contribution in [1.82, 2.24) is 4.98 Å². The maximum absolute atomic E-state index is 9.89. The third kappa shape index (κ3) is 1.96. The van der Waals surface area contributed by atoms with Crippen LogP contribution in [-0.2, 0) is 6.42 Å². The first-order valence-corrected chi connectivity index (χ1v) is 7.82. The molecule has 1 fully saturated rings. The average Bonchev–Trinajstić information content (AvgIpc) is 2.76. The largest absolute Gasteiger partial charge is 0.387 e. The maximum atomic E-state index is 9.89. The zero-order valence-corrected chi connectivity index (χ0v) is 10.8. The number of aromatic nitrogens is 1. The van der Waals surface area contributed by atoms with Gasteiger partial charge in [-0.05, 0) is 19.3 Å². The molecule has 1 saturated heterocycles. The molecule has 1 unspecified atom stereocenters. The monoisotopic (exact) mass is 256 g/mol. The van der Waals surface area contributed by atoms with Gasteiger partial charge in [-0.3, -0.25) is 0 Å². The SMILES string of the molecule is OC1CCCc2sc(N3CCSCC3)nc21. The van der Waals surface area contributed by atoms with Crippen LogP contribution in [-0.4, -0.2) is 34.7 Å². The Kier molecular flexibility index (Phi) is 3.09. The molecule has 1 aromatic rings. The summed E-state index contributed by atoms with van der Waals surface area (Å²) in [7, 11) is 0. The molecular weight excluding hydrogens is 240 g/mol. The highest BCUT2D eigenvalue weighted by molar-refractivity contribution is 7.99. The molecule has 0 bridgehead atoms. The lowest BCUT2D eigenvalue weighted by Gasteiger charge is -2.25. The third-order valence-electron chi connectivity index (χ3n) is 3.19. The fourth-order valence-corrected chi connectivity index (χ4v) is 4.38. The summed E-state index contributed by atoms with van der Waals surface area (Å²) in [5.74, 6) is 2.40. The number of aryl methyl sites for hydroxylation is 1. The van der Waals surface area contributed by atoms with Gasteiger partial charge in [-0.2, -0.15) is 11.8 Å². The van der Waals surface area contributed by atoms with Gasteiger partial charge in [-0.15, -0.1) is 11.3 Å². The average molecular weight is 256 g/mol. The van der Waals surface area contributed by atoms with Gasteiger partial charge in [0, 0.05) is 29.5 Å². The Balaban J connectivity index is 1.85. The Bertz CT molecular complexity index is 374. The van der Waals surface area contributed by atoms with Gasteiger partial charge in [-0.25, -0.2) is 4.98 Å². The minimum absolute atomic E-state index is 0.312. The van der Waals surface area contributed by atoms with E-state index in [1.807, 2.05) is 11.8 Å². The van der Waals surface area contributed by atoms with Gasteiger partial charge in [0.15, 0.2) is 5.13 Å². The van der Waals surface area contributed by atoms with Crippen LogP contribution in [0.3, 0.4) is 0 Å². The number of anilines is 1. The summed E-state index contributed by atoms with van der Waals surface area (Å²) in [5, 5.41) is 11.0. The highest BCUT2D eigenvalue weighted by atomic mass is 32.2. The number of thioether (sulfide) groups is 1. The third-order valence-corrected chi connectivity index (χ3v) is 5.33. The lowest BCUT2D eigenvalue weighted by atomic mass is 10.0. The highest BCUT2D eigenvalue weighted by Gasteiger charge is 2.25. The number of thiazole rings is 1. The van der Waals surface area contributed by atoms with E-state index in [1.54, 1.807) is 11.3 Å². The van der Waals surface area contributed by atoms with Crippen LogP contribution in [0.25, 0.3) is 0 Å².